The lowest BCUT2D eigenvalue weighted by Gasteiger charge is -2.18. The van der Waals surface area contributed by atoms with Crippen LogP contribution in [0.5, 0.6) is 0 Å². The Labute approximate surface area is 252 Å². The van der Waals surface area contributed by atoms with Crippen molar-refractivity contribution in [3.8, 4) is 0 Å². The van der Waals surface area contributed by atoms with E-state index >= 15 is 0 Å². The van der Waals surface area contributed by atoms with E-state index in [1.54, 1.807) is 12.1 Å². The third-order valence-electron chi connectivity index (χ3n) is 7.51. The van der Waals surface area contributed by atoms with E-state index in [0.29, 0.717) is 11.3 Å². The molecule has 0 aromatic heterocycles. The Morgan fingerprint density at radius 1 is 0.659 bits per heavy atom. The van der Waals surface area contributed by atoms with Gasteiger partial charge >= 0.3 is 0 Å². The van der Waals surface area contributed by atoms with Gasteiger partial charge in [-0.25, -0.2) is 8.42 Å². The summed E-state index contributed by atoms with van der Waals surface area (Å²) in [4.78, 5) is 0.393. The molecule has 0 saturated carbocycles. The molecular formula is C37H56O3S. The first-order chi connectivity index (χ1) is 19.4. The van der Waals surface area contributed by atoms with Crippen LogP contribution in [0.15, 0.2) is 99.1 Å². The Morgan fingerprint density at radius 2 is 1.10 bits per heavy atom. The summed E-state index contributed by atoms with van der Waals surface area (Å²) in [5.74, 6) is 0. The minimum atomic E-state index is -3.52. The quantitative estimate of drug-likeness (QED) is 0.176. The molecule has 1 unspecified atom stereocenters. The van der Waals surface area contributed by atoms with E-state index in [4.69, 9.17) is 5.11 Å². The number of aliphatic hydroxyl groups is 1. The molecule has 1 aromatic carbocycles. The van der Waals surface area contributed by atoms with Crippen LogP contribution in [0.4, 0.5) is 0 Å². The predicted molar refractivity (Wildman–Crippen MR) is 179 cm³/mol. The molecule has 1 rings (SSSR count). The highest BCUT2D eigenvalue weighted by Crippen LogP contribution is 2.27. The molecule has 228 valence electrons. The minimum Gasteiger partial charge on any atom is -0.392 e. The molecule has 0 saturated heterocycles. The molecule has 0 spiro atoms. The van der Waals surface area contributed by atoms with E-state index in [1.807, 2.05) is 39.0 Å². The molecule has 0 aliphatic heterocycles. The van der Waals surface area contributed by atoms with Crippen LogP contribution in [-0.4, -0.2) is 25.4 Å². The maximum absolute atomic E-state index is 13.8. The summed E-state index contributed by atoms with van der Waals surface area (Å²) < 4.78 is 27.6. The van der Waals surface area contributed by atoms with Crippen LogP contribution in [0.1, 0.15) is 112 Å². The molecule has 1 atom stereocenters. The maximum Gasteiger partial charge on any atom is 0.185 e. The van der Waals surface area contributed by atoms with E-state index < -0.39 is 15.1 Å². The van der Waals surface area contributed by atoms with Gasteiger partial charge in [-0.3, -0.25) is 0 Å². The van der Waals surface area contributed by atoms with Gasteiger partial charge in [0.15, 0.2) is 9.84 Å². The smallest absolute Gasteiger partial charge is 0.185 e. The Balaban J connectivity index is 2.97. The van der Waals surface area contributed by atoms with E-state index in [0.717, 1.165) is 62.5 Å². The highest BCUT2D eigenvalue weighted by atomic mass is 32.2. The summed E-state index contributed by atoms with van der Waals surface area (Å²) in [7, 11) is -3.52. The molecule has 1 aromatic rings. The standard InChI is InChI=1S/C37H56O3S/c1-29(2)13-9-14-30(3)15-10-17-32(5)23-26-37(41(39,40)36-24-21-34(7)22-25-36)35(8)20-12-19-31(4)16-11-18-33(6)27-28-38/h13,15-16,20-25,27,37-38H,9-12,14,17-19,26,28H2,1-8H3. The number of aliphatic hydroxyl groups excluding tert-OH is 1. The van der Waals surface area contributed by atoms with E-state index in [2.05, 4.69) is 65.0 Å². The Hall–Kier alpha value is -2.43. The predicted octanol–water partition coefficient (Wildman–Crippen LogP) is 10.3. The van der Waals surface area contributed by atoms with Crippen LogP contribution >= 0.6 is 0 Å². The van der Waals surface area contributed by atoms with Crippen LogP contribution in [0.25, 0.3) is 0 Å². The number of hydrogen-bond donors (Lipinski definition) is 1. The summed E-state index contributed by atoms with van der Waals surface area (Å²) in [6.07, 6.45) is 21.2. The molecule has 0 fully saturated rings. The van der Waals surface area contributed by atoms with E-state index in [-0.39, 0.29) is 6.61 Å². The second kappa shape index (κ2) is 19.6. The topological polar surface area (TPSA) is 54.4 Å². The second-order valence-corrected chi connectivity index (χ2v) is 14.0. The normalized spacial score (nSPS) is 14.8. The number of benzene rings is 1. The summed E-state index contributed by atoms with van der Waals surface area (Å²) in [5.41, 5.74) is 8.49. The van der Waals surface area contributed by atoms with Crippen LogP contribution in [0.2, 0.25) is 0 Å². The minimum absolute atomic E-state index is 0.0909. The molecular weight excluding hydrogens is 524 g/mol. The van der Waals surface area contributed by atoms with Gasteiger partial charge in [-0.2, -0.15) is 0 Å². The third kappa shape index (κ3) is 15.4. The molecule has 0 amide bonds. The van der Waals surface area contributed by atoms with Crippen molar-refractivity contribution in [2.45, 2.75) is 123 Å². The fourth-order valence-corrected chi connectivity index (χ4v) is 6.44. The molecule has 0 bridgehead atoms. The van der Waals surface area contributed by atoms with Gasteiger partial charge in [0.2, 0.25) is 0 Å². The Kier molecular flexibility index (Phi) is 17.5. The summed E-state index contributed by atoms with van der Waals surface area (Å²) >= 11 is 0. The summed E-state index contributed by atoms with van der Waals surface area (Å²) in [6.45, 7) is 16.8. The van der Waals surface area contributed by atoms with Crippen molar-refractivity contribution in [2.24, 2.45) is 0 Å². The molecule has 0 aliphatic carbocycles. The molecule has 4 heteroatoms. The van der Waals surface area contributed by atoms with Crippen molar-refractivity contribution in [2.75, 3.05) is 6.61 Å². The average molecular weight is 581 g/mol. The van der Waals surface area contributed by atoms with Crippen LogP contribution in [-0.2, 0) is 9.84 Å². The van der Waals surface area contributed by atoms with Gasteiger partial charge in [-0.05, 0) is 125 Å². The summed E-state index contributed by atoms with van der Waals surface area (Å²) in [5, 5.41) is 8.45. The first-order valence-corrected chi connectivity index (χ1v) is 16.7. The first-order valence-electron chi connectivity index (χ1n) is 15.2. The fraction of sp³-hybridized carbons (Fsp3) is 0.514. The zero-order valence-electron chi connectivity index (χ0n) is 27.1. The first kappa shape index (κ1) is 36.6. The van der Waals surface area contributed by atoms with Crippen LogP contribution in [0.3, 0.4) is 0 Å². The van der Waals surface area contributed by atoms with Gasteiger partial charge in [-0.1, -0.05) is 87.6 Å². The monoisotopic (exact) mass is 580 g/mol. The highest BCUT2D eigenvalue weighted by molar-refractivity contribution is 7.92. The van der Waals surface area contributed by atoms with Gasteiger partial charge in [0.1, 0.15) is 0 Å². The van der Waals surface area contributed by atoms with E-state index in [1.165, 1.54) is 27.9 Å². The van der Waals surface area contributed by atoms with Crippen molar-refractivity contribution in [3.05, 3.63) is 99.7 Å². The number of rotatable bonds is 18. The van der Waals surface area contributed by atoms with Crippen molar-refractivity contribution in [1.82, 2.24) is 0 Å². The molecule has 0 aliphatic rings. The van der Waals surface area contributed by atoms with Crippen LogP contribution in [0, 0.1) is 6.92 Å². The van der Waals surface area contributed by atoms with Crippen molar-refractivity contribution in [1.29, 1.82) is 0 Å². The lowest BCUT2D eigenvalue weighted by Crippen LogP contribution is -2.22. The third-order valence-corrected chi connectivity index (χ3v) is 9.75. The maximum atomic E-state index is 13.8. The largest absolute Gasteiger partial charge is 0.392 e. The number of aryl methyl sites for hydroxylation is 1. The zero-order chi connectivity index (χ0) is 30.8. The SMILES string of the molecule is CC(C)=CCCC(C)=CCCC(C)=CCC(C(C)=CCCC(C)=CCCC(C)=CCO)S(=O)(=O)c1ccc(C)cc1. The number of sulfone groups is 1. The molecule has 1 N–H and O–H groups in total. The highest BCUT2D eigenvalue weighted by Gasteiger charge is 2.28. The summed E-state index contributed by atoms with van der Waals surface area (Å²) in [6, 6.07) is 7.23. The van der Waals surface area contributed by atoms with Gasteiger partial charge in [0.25, 0.3) is 0 Å². The van der Waals surface area contributed by atoms with Crippen molar-refractivity contribution in [3.63, 3.8) is 0 Å². The Morgan fingerprint density at radius 3 is 1.59 bits per heavy atom. The lowest BCUT2D eigenvalue weighted by atomic mass is 10.0. The molecule has 0 heterocycles. The molecule has 41 heavy (non-hydrogen) atoms. The molecule has 3 nitrogen and oxygen atoms in total. The Bertz CT molecular complexity index is 1220. The average Bonchev–Trinajstić information content (AvgIpc) is 2.89. The number of hydrogen-bond acceptors (Lipinski definition) is 3. The second-order valence-electron chi connectivity index (χ2n) is 11.9. The van der Waals surface area contributed by atoms with Gasteiger partial charge in [0.05, 0.1) is 16.8 Å². The lowest BCUT2D eigenvalue weighted by molar-refractivity contribution is 0.341. The van der Waals surface area contributed by atoms with Gasteiger partial charge in [-0.15, -0.1) is 0 Å². The van der Waals surface area contributed by atoms with Gasteiger partial charge in [0, 0.05) is 0 Å². The van der Waals surface area contributed by atoms with Crippen LogP contribution < -0.4 is 0 Å². The van der Waals surface area contributed by atoms with E-state index in [9.17, 15) is 8.42 Å². The molecule has 0 radical (unpaired) electrons. The van der Waals surface area contributed by atoms with Crippen molar-refractivity contribution >= 4 is 9.84 Å². The van der Waals surface area contributed by atoms with Gasteiger partial charge < -0.3 is 5.11 Å². The number of allylic oxidation sites excluding steroid dienone is 10. The zero-order valence-corrected chi connectivity index (χ0v) is 27.9. The fourth-order valence-electron chi connectivity index (χ4n) is 4.66. The van der Waals surface area contributed by atoms with Crippen molar-refractivity contribution < 1.29 is 13.5 Å².